The van der Waals surface area contributed by atoms with Gasteiger partial charge in [0.15, 0.2) is 0 Å². The average molecular weight is 88.1 g/mol. The van der Waals surface area contributed by atoms with E-state index in [1.165, 1.54) is 0 Å². The number of rotatable bonds is 0. The molecule has 1 fully saturated rings. The molecule has 0 N–H and O–H groups in total. The third kappa shape index (κ3) is 0.680. The van der Waals surface area contributed by atoms with E-state index in [4.69, 9.17) is 0 Å². The second kappa shape index (κ2) is 1.55. The third-order valence-electron chi connectivity index (χ3n) is 0.720. The fraction of sp³-hybridized carbons (Fsp3) is 1.00. The molecule has 0 unspecified atom stereocenters. The molecule has 1 aliphatic rings. The summed E-state index contributed by atoms with van der Waals surface area (Å²) in [5, 5.41) is 10.5. The van der Waals surface area contributed by atoms with E-state index in [1.807, 2.05) is 0 Å². The maximum atomic E-state index is 9.94. The molecule has 0 bridgehead atoms. The van der Waals surface area contributed by atoms with Crippen LogP contribution in [-0.2, 0) is 10.0 Å². The maximum Gasteiger partial charge on any atom is 0.0726 e. The second-order valence-electron chi connectivity index (χ2n) is 1.24. The normalized spacial score (nSPS) is 25.5. The fourth-order valence-electron chi connectivity index (χ4n) is 0.425. The summed E-state index contributed by atoms with van der Waals surface area (Å²) in [6.07, 6.45) is 0.878. The zero-order chi connectivity index (χ0) is 4.41. The topological polar surface area (TPSA) is 32.4 Å². The largest absolute Gasteiger partial charge is 0.272 e. The zero-order valence-corrected chi connectivity index (χ0v) is 3.39. The number of nitrogens with zero attached hydrogens (tertiary/aromatic N) is 1. The van der Waals surface area contributed by atoms with Crippen LogP contribution in [0.2, 0.25) is 0 Å². The minimum atomic E-state index is 0.542. The Morgan fingerprint density at radius 3 is 2.67 bits per heavy atom. The Hall–Kier alpha value is -0.120. The summed E-state index contributed by atoms with van der Waals surface area (Å²) in [6, 6.07) is 0. The van der Waals surface area contributed by atoms with E-state index >= 15 is 0 Å². The van der Waals surface area contributed by atoms with Gasteiger partial charge >= 0.3 is 0 Å². The van der Waals surface area contributed by atoms with Crippen LogP contribution in [-0.4, -0.2) is 18.4 Å². The van der Waals surface area contributed by atoms with Crippen LogP contribution in [0.1, 0.15) is 6.42 Å². The van der Waals surface area contributed by atoms with Crippen LogP contribution in [0.15, 0.2) is 0 Å². The van der Waals surface area contributed by atoms with Gasteiger partial charge < -0.3 is 0 Å². The molecule has 0 aromatic carbocycles. The summed E-state index contributed by atoms with van der Waals surface area (Å²) < 4.78 is 0. The van der Waals surface area contributed by atoms with Gasteiger partial charge in [-0.25, -0.2) is 0 Å². The lowest BCUT2D eigenvalue weighted by atomic mass is 10.5. The van der Waals surface area contributed by atoms with E-state index in [-0.39, 0.29) is 0 Å². The van der Waals surface area contributed by atoms with Crippen molar-refractivity contribution >= 4 is 0 Å². The van der Waals surface area contributed by atoms with Gasteiger partial charge in [0.25, 0.3) is 0 Å². The first-order chi connectivity index (χ1) is 2.89. The van der Waals surface area contributed by atoms with Gasteiger partial charge in [-0.15, -0.1) is 0 Å². The highest BCUT2D eigenvalue weighted by atomic mass is 16.9. The summed E-state index contributed by atoms with van der Waals surface area (Å²) in [7, 11) is 0. The van der Waals surface area contributed by atoms with Crippen LogP contribution in [0, 0.1) is 0 Å². The molecule has 1 radical (unpaired) electrons. The third-order valence-corrected chi connectivity index (χ3v) is 0.720. The van der Waals surface area contributed by atoms with Crippen molar-refractivity contribution in [3.63, 3.8) is 0 Å². The highest BCUT2D eigenvalue weighted by molar-refractivity contribution is 4.40. The van der Waals surface area contributed by atoms with Crippen molar-refractivity contribution in [2.45, 2.75) is 6.42 Å². The fourth-order valence-corrected chi connectivity index (χ4v) is 0.425. The molecule has 0 aromatic heterocycles. The Bertz CT molecular complexity index is 42.1. The highest BCUT2D eigenvalue weighted by Crippen LogP contribution is 1.98. The van der Waals surface area contributed by atoms with Crippen molar-refractivity contribution < 1.29 is 10.0 Å². The van der Waals surface area contributed by atoms with Crippen LogP contribution < -0.4 is 0 Å². The number of hydroxylamine groups is 2. The van der Waals surface area contributed by atoms with Gasteiger partial charge in [0.2, 0.25) is 0 Å². The lowest BCUT2D eigenvalue weighted by molar-refractivity contribution is -0.348. The van der Waals surface area contributed by atoms with Crippen molar-refractivity contribution in [2.75, 3.05) is 13.2 Å². The van der Waals surface area contributed by atoms with Crippen molar-refractivity contribution in [3.05, 3.63) is 0 Å². The first-order valence-electron chi connectivity index (χ1n) is 1.97. The molecule has 0 aliphatic carbocycles. The second-order valence-corrected chi connectivity index (χ2v) is 1.24. The molecule has 3 nitrogen and oxygen atoms in total. The molecule has 0 aromatic rings. The van der Waals surface area contributed by atoms with E-state index in [1.54, 1.807) is 0 Å². The quantitative estimate of drug-likeness (QED) is 0.416. The van der Waals surface area contributed by atoms with Gasteiger partial charge in [-0.2, -0.15) is 0 Å². The zero-order valence-electron chi connectivity index (χ0n) is 3.39. The number of hydrogen-bond acceptors (Lipinski definition) is 2. The summed E-state index contributed by atoms with van der Waals surface area (Å²) in [5.41, 5.74) is 0. The van der Waals surface area contributed by atoms with Gasteiger partial charge in [-0.05, 0) is 11.6 Å². The van der Waals surface area contributed by atoms with Crippen molar-refractivity contribution in [1.29, 1.82) is 0 Å². The molecule has 0 atom stereocenters. The summed E-state index contributed by atoms with van der Waals surface area (Å²) in [6.45, 7) is 1.14. The monoisotopic (exact) mass is 88.0 g/mol. The average Bonchev–Trinajstić information content (AvgIpc) is 1.86. The Morgan fingerprint density at radius 2 is 2.50 bits per heavy atom. The Morgan fingerprint density at radius 1 is 1.67 bits per heavy atom. The molecule has 1 aliphatic heterocycles. The van der Waals surface area contributed by atoms with Gasteiger partial charge in [-0.1, -0.05) is 5.21 Å². The Kier molecular flexibility index (Phi) is 1.05. The van der Waals surface area contributed by atoms with Gasteiger partial charge in [-0.3, -0.25) is 4.84 Å². The molecule has 6 heavy (non-hydrogen) atoms. The minimum Gasteiger partial charge on any atom is -0.272 e. The molecule has 0 saturated carbocycles. The summed E-state index contributed by atoms with van der Waals surface area (Å²) in [5.74, 6) is 0. The molecular formula is C3H6NO2. The molecule has 1 heterocycles. The highest BCUT2D eigenvalue weighted by Gasteiger charge is 2.08. The summed E-state index contributed by atoms with van der Waals surface area (Å²) >= 11 is 0. The van der Waals surface area contributed by atoms with Crippen molar-refractivity contribution in [1.82, 2.24) is 5.23 Å². The smallest absolute Gasteiger partial charge is 0.0726 e. The molecule has 35 valence electrons. The van der Waals surface area contributed by atoms with Crippen molar-refractivity contribution in [2.24, 2.45) is 0 Å². The number of hydrogen-bond donors (Lipinski definition) is 0. The van der Waals surface area contributed by atoms with E-state index in [2.05, 4.69) is 4.84 Å². The van der Waals surface area contributed by atoms with Crippen LogP contribution in [0.25, 0.3) is 0 Å². The van der Waals surface area contributed by atoms with E-state index in [0.29, 0.717) is 18.4 Å². The Balaban J connectivity index is 2.18. The SMILES string of the molecule is [O]N1CCCO1. The van der Waals surface area contributed by atoms with Gasteiger partial charge in [0.05, 0.1) is 13.2 Å². The minimum absolute atomic E-state index is 0.542. The predicted octanol–water partition coefficient (Wildman–Crippen LogP) is -0.0308. The van der Waals surface area contributed by atoms with Crippen LogP contribution >= 0.6 is 0 Å². The van der Waals surface area contributed by atoms with Crippen LogP contribution in [0.3, 0.4) is 0 Å². The van der Waals surface area contributed by atoms with Crippen LogP contribution in [0.4, 0.5) is 0 Å². The van der Waals surface area contributed by atoms with Crippen LogP contribution in [0.5, 0.6) is 0 Å². The van der Waals surface area contributed by atoms with E-state index in [9.17, 15) is 5.21 Å². The van der Waals surface area contributed by atoms with E-state index < -0.39 is 0 Å². The van der Waals surface area contributed by atoms with Gasteiger partial charge in [0, 0.05) is 0 Å². The molecular weight excluding hydrogens is 82.0 g/mol. The molecule has 0 amide bonds. The van der Waals surface area contributed by atoms with E-state index in [0.717, 1.165) is 6.42 Å². The molecule has 3 heteroatoms. The Labute approximate surface area is 36.0 Å². The maximum absolute atomic E-state index is 9.94. The lowest BCUT2D eigenvalue weighted by Gasteiger charge is -1.94. The molecule has 1 saturated heterocycles. The van der Waals surface area contributed by atoms with Crippen molar-refractivity contribution in [3.8, 4) is 0 Å². The predicted molar refractivity (Wildman–Crippen MR) is 18.0 cm³/mol. The first kappa shape index (κ1) is 4.05. The first-order valence-corrected chi connectivity index (χ1v) is 1.97. The standard InChI is InChI=1S/C3H6NO2/c5-4-2-1-3-6-4/h1-3H2. The lowest BCUT2D eigenvalue weighted by Crippen LogP contribution is -2.07. The molecule has 1 rings (SSSR count). The molecule has 0 spiro atoms. The summed E-state index contributed by atoms with van der Waals surface area (Å²) in [4.78, 5) is 4.43. The van der Waals surface area contributed by atoms with Gasteiger partial charge in [0.1, 0.15) is 0 Å².